The van der Waals surface area contributed by atoms with E-state index in [4.69, 9.17) is 5.11 Å². The van der Waals surface area contributed by atoms with Crippen LogP contribution in [0.5, 0.6) is 0 Å². The largest absolute Gasteiger partial charge is 0.545 e. The van der Waals surface area contributed by atoms with E-state index in [1.807, 2.05) is 0 Å². The second kappa shape index (κ2) is 11.0. The van der Waals surface area contributed by atoms with Crippen LogP contribution in [0.25, 0.3) is 0 Å². The van der Waals surface area contributed by atoms with Crippen LogP contribution in [0.15, 0.2) is 28.9 Å². The second-order valence-electron chi connectivity index (χ2n) is 6.03. The minimum atomic E-state index is -1.45. The number of aliphatic imine (C=N–C) groups is 1. The molecular formula is C19H22N2O6. The van der Waals surface area contributed by atoms with E-state index >= 15 is 0 Å². The molecule has 1 unspecified atom stereocenters. The van der Waals surface area contributed by atoms with E-state index in [2.05, 4.69) is 4.99 Å². The second-order valence-corrected chi connectivity index (χ2v) is 6.03. The zero-order valence-corrected chi connectivity index (χ0v) is 15.3. The number of aliphatic hydroxyl groups is 2. The highest BCUT2D eigenvalue weighted by Crippen LogP contribution is 2.34. The quantitative estimate of drug-likeness (QED) is 0.208. The first kappa shape index (κ1) is 22.2. The summed E-state index contributed by atoms with van der Waals surface area (Å²) in [7, 11) is 0. The van der Waals surface area contributed by atoms with Crippen LogP contribution < -0.4 is 5.11 Å². The maximum Gasteiger partial charge on any atom is 0.436 e. The molecule has 0 amide bonds. The standard InChI is InChI=1S/C19H22N2O6/c1-13(19(26)27)10-21(12-24)17-9-15(20-11-23)8-16(14(17)2)18(25)6-4-3-5-7-22/h8-10,18,22,25H,3-7H2,1-2H3. The highest BCUT2D eigenvalue weighted by molar-refractivity contribution is 5.83. The number of hydrogen-bond donors (Lipinski definition) is 2. The first-order chi connectivity index (χ1) is 12.8. The van der Waals surface area contributed by atoms with Crippen molar-refractivity contribution in [1.29, 1.82) is 0 Å². The highest BCUT2D eigenvalue weighted by Gasteiger charge is 2.21. The normalized spacial score (nSPS) is 12.1. The minimum Gasteiger partial charge on any atom is -0.545 e. The van der Waals surface area contributed by atoms with E-state index in [1.165, 1.54) is 25.1 Å². The van der Waals surface area contributed by atoms with Gasteiger partial charge >= 0.3 is 6.08 Å². The van der Waals surface area contributed by atoms with Gasteiger partial charge in [-0.15, -0.1) is 0 Å². The molecule has 1 aromatic carbocycles. The van der Waals surface area contributed by atoms with E-state index in [0.717, 1.165) is 17.2 Å². The minimum absolute atomic E-state index is 0.0804. The van der Waals surface area contributed by atoms with Gasteiger partial charge in [0.2, 0.25) is 11.8 Å². The fraction of sp³-hybridized carbons (Fsp3) is 0.421. The number of aliphatic carboxylic acids is 1. The Hall–Kier alpha value is -2.89. The van der Waals surface area contributed by atoms with Gasteiger partial charge in [-0.05, 0) is 38.3 Å². The molecule has 1 atom stereocenters. The van der Waals surface area contributed by atoms with Crippen LogP contribution in [-0.4, -0.2) is 39.5 Å². The van der Waals surface area contributed by atoms with E-state index in [9.17, 15) is 24.6 Å². The summed E-state index contributed by atoms with van der Waals surface area (Å²) in [5.41, 5.74) is 1.15. The fourth-order valence-corrected chi connectivity index (χ4v) is 2.59. The summed E-state index contributed by atoms with van der Waals surface area (Å²) in [6, 6.07) is 2.91. The number of benzene rings is 1. The molecule has 0 fully saturated rings. The molecule has 8 nitrogen and oxygen atoms in total. The number of carbonyl (C=O) groups excluding carboxylic acids is 3. The first-order valence-corrected chi connectivity index (χ1v) is 8.43. The number of unbranched alkanes of at least 4 members (excludes halogenated alkanes) is 2. The van der Waals surface area contributed by atoms with Crippen molar-refractivity contribution >= 4 is 29.5 Å². The van der Waals surface area contributed by atoms with Crippen molar-refractivity contribution in [2.75, 3.05) is 6.61 Å². The summed E-state index contributed by atoms with van der Waals surface area (Å²) >= 11 is 0. The van der Waals surface area contributed by atoms with Gasteiger partial charge in [-0.3, -0.25) is 0 Å². The smallest absolute Gasteiger partial charge is 0.436 e. The van der Waals surface area contributed by atoms with Crippen LogP contribution in [0.3, 0.4) is 0 Å². The monoisotopic (exact) mass is 374 g/mol. The fourth-order valence-electron chi connectivity index (χ4n) is 2.59. The Morgan fingerprint density at radius 3 is 2.59 bits per heavy atom. The topological polar surface area (TPSA) is 130 Å². The number of carboxylic acids is 1. The Balaban J connectivity index is 3.38. The maximum absolute atomic E-state index is 11.4. The number of hydrogen-bond acceptors (Lipinski definition) is 7. The number of rotatable bonds is 10. The third-order valence-corrected chi connectivity index (χ3v) is 4.08. The highest BCUT2D eigenvalue weighted by atomic mass is 16.4. The van der Waals surface area contributed by atoms with E-state index in [-0.39, 0.29) is 23.6 Å². The van der Waals surface area contributed by atoms with Gasteiger partial charge in [-0.25, -0.2) is 4.79 Å². The lowest BCUT2D eigenvalue weighted by Gasteiger charge is -2.15. The predicted octanol–water partition coefficient (Wildman–Crippen LogP) is 1.18. The number of carbonyl (C=O) groups is 1. The lowest BCUT2D eigenvalue weighted by atomic mass is 9.96. The van der Waals surface area contributed by atoms with Gasteiger partial charge in [-0.2, -0.15) is 9.79 Å². The van der Waals surface area contributed by atoms with Crippen molar-refractivity contribution in [3.05, 3.63) is 35.0 Å². The van der Waals surface area contributed by atoms with Gasteiger partial charge in [0.1, 0.15) is 0 Å². The van der Waals surface area contributed by atoms with E-state index < -0.39 is 12.1 Å². The number of aliphatic hydroxyl groups excluding tert-OH is 2. The molecule has 2 N–H and O–H groups in total. The van der Waals surface area contributed by atoms with E-state index in [0.29, 0.717) is 30.4 Å². The van der Waals surface area contributed by atoms with E-state index in [1.54, 1.807) is 13.0 Å². The maximum atomic E-state index is 11.4. The first-order valence-electron chi connectivity index (χ1n) is 8.43. The average molecular weight is 374 g/mol. The molecule has 27 heavy (non-hydrogen) atoms. The number of carboxylic acid groups (broad SMARTS) is 1. The van der Waals surface area contributed by atoms with Crippen molar-refractivity contribution in [3.8, 4) is 0 Å². The molecule has 0 aliphatic rings. The summed E-state index contributed by atoms with van der Waals surface area (Å²) < 4.78 is 0.909. The van der Waals surface area contributed by atoms with Crippen LogP contribution in [0, 0.1) is 6.92 Å². The van der Waals surface area contributed by atoms with Gasteiger partial charge in [0.25, 0.3) is 0 Å². The average Bonchev–Trinajstić information content (AvgIpc) is 2.64. The van der Waals surface area contributed by atoms with Gasteiger partial charge in [0, 0.05) is 23.8 Å². The molecule has 0 spiro atoms. The Bertz CT molecular complexity index is 818. The third-order valence-electron chi connectivity index (χ3n) is 4.08. The Morgan fingerprint density at radius 2 is 2.04 bits per heavy atom. The zero-order valence-electron chi connectivity index (χ0n) is 15.3. The molecule has 1 rings (SSSR count). The summed E-state index contributed by atoms with van der Waals surface area (Å²) in [5, 5.41) is 30.2. The van der Waals surface area contributed by atoms with Crippen LogP contribution in [0.2, 0.25) is 0 Å². The number of nitrogens with zero attached hydrogens (tertiary/aromatic N) is 2. The van der Waals surface area contributed by atoms with Gasteiger partial charge < -0.3 is 20.1 Å². The molecule has 0 aliphatic heterocycles. The molecule has 0 aromatic heterocycles. The number of isocyanates is 2. The van der Waals surface area contributed by atoms with Crippen molar-refractivity contribution < 1.29 is 34.3 Å². The predicted molar refractivity (Wildman–Crippen MR) is 93.9 cm³/mol. The third kappa shape index (κ3) is 6.40. The van der Waals surface area contributed by atoms with Crippen LogP contribution >= 0.6 is 0 Å². The Kier molecular flexibility index (Phi) is 8.99. The van der Waals surface area contributed by atoms with Crippen molar-refractivity contribution in [2.24, 2.45) is 4.99 Å². The lowest BCUT2D eigenvalue weighted by molar-refractivity contribution is -0.360. The van der Waals surface area contributed by atoms with Crippen LogP contribution in [-0.2, 0) is 14.4 Å². The van der Waals surface area contributed by atoms with Gasteiger partial charge in [0.15, 0.2) is 6.20 Å². The molecule has 0 bridgehead atoms. The van der Waals surface area contributed by atoms with Crippen molar-refractivity contribution in [2.45, 2.75) is 45.6 Å². The molecule has 0 saturated heterocycles. The van der Waals surface area contributed by atoms with Crippen molar-refractivity contribution in [3.63, 3.8) is 0 Å². The zero-order chi connectivity index (χ0) is 20.4. The van der Waals surface area contributed by atoms with Gasteiger partial charge in [-0.1, -0.05) is 17.4 Å². The molecule has 1 aromatic rings. The summed E-state index contributed by atoms with van der Waals surface area (Å²) in [6.07, 6.45) is 5.62. The Morgan fingerprint density at radius 1 is 1.33 bits per heavy atom. The molecule has 0 aliphatic carbocycles. The van der Waals surface area contributed by atoms with Crippen LogP contribution in [0.1, 0.15) is 49.8 Å². The SMILES string of the molecule is CC(=C[N+](=C=O)c1cc(N=C=O)cc(C(O)CCCCCO)c1C)C(=O)[O-]. The lowest BCUT2D eigenvalue weighted by Crippen LogP contribution is -2.23. The molecule has 8 heteroatoms. The summed E-state index contributed by atoms with van der Waals surface area (Å²) in [6.45, 7) is 3.00. The van der Waals surface area contributed by atoms with Crippen molar-refractivity contribution in [1.82, 2.24) is 0 Å². The van der Waals surface area contributed by atoms with Crippen LogP contribution in [0.4, 0.5) is 11.4 Å². The summed E-state index contributed by atoms with van der Waals surface area (Å²) in [4.78, 5) is 36.5. The molecule has 144 valence electrons. The summed E-state index contributed by atoms with van der Waals surface area (Å²) in [5.74, 6) is -1.45. The van der Waals surface area contributed by atoms with Gasteiger partial charge in [0.05, 0.1) is 17.8 Å². The molecule has 0 heterocycles. The molecule has 0 saturated carbocycles. The Labute approximate surface area is 156 Å². The molecular weight excluding hydrogens is 352 g/mol. The molecule has 0 radical (unpaired) electrons.